The summed E-state index contributed by atoms with van der Waals surface area (Å²) in [6.07, 6.45) is 2.18. The van der Waals surface area contributed by atoms with Crippen LogP contribution in [0.15, 0.2) is 29.2 Å². The molecule has 1 aliphatic rings. The minimum Gasteiger partial charge on any atom is -0.480 e. The lowest BCUT2D eigenvalue weighted by Crippen LogP contribution is -2.30. The molecular weight excluding hydrogens is 234 g/mol. The fourth-order valence-corrected chi connectivity index (χ4v) is 2.38. The van der Waals surface area contributed by atoms with Crippen molar-refractivity contribution < 1.29 is 9.90 Å². The number of nitrogens with one attached hydrogen (secondary N) is 1. The monoisotopic (exact) mass is 251 g/mol. The van der Waals surface area contributed by atoms with Gasteiger partial charge >= 0.3 is 5.97 Å². The first-order valence-corrected chi connectivity index (χ1v) is 6.91. The molecule has 1 aliphatic carbocycles. The molecule has 4 heteroatoms. The minimum atomic E-state index is -0.798. The van der Waals surface area contributed by atoms with Gasteiger partial charge < -0.3 is 5.11 Å². The summed E-state index contributed by atoms with van der Waals surface area (Å²) in [5.41, 5.74) is 0.838. The maximum atomic E-state index is 11.2. The molecule has 0 saturated heterocycles. The smallest absolute Gasteiger partial charge is 0.325 e. The third kappa shape index (κ3) is 3.48. The molecule has 92 valence electrons. The van der Waals surface area contributed by atoms with Crippen molar-refractivity contribution in [1.29, 1.82) is 0 Å². The van der Waals surface area contributed by atoms with E-state index in [1.807, 2.05) is 24.3 Å². The fraction of sp³-hybridized carbons (Fsp3) is 0.462. The van der Waals surface area contributed by atoms with Gasteiger partial charge in [0.25, 0.3) is 0 Å². The maximum absolute atomic E-state index is 11.2. The van der Waals surface area contributed by atoms with E-state index in [-0.39, 0.29) is 0 Å². The van der Waals surface area contributed by atoms with E-state index < -0.39 is 12.0 Å². The Morgan fingerprint density at radius 3 is 2.59 bits per heavy atom. The van der Waals surface area contributed by atoms with Crippen molar-refractivity contribution in [2.45, 2.75) is 36.7 Å². The average Bonchev–Trinajstić information content (AvgIpc) is 3.11. The number of carboxylic acids is 1. The normalized spacial score (nSPS) is 16.8. The molecule has 17 heavy (non-hydrogen) atoms. The van der Waals surface area contributed by atoms with E-state index in [0.29, 0.717) is 6.04 Å². The molecule has 1 unspecified atom stereocenters. The number of thioether (sulfide) groups is 1. The predicted octanol–water partition coefficient (Wildman–Crippen LogP) is 2.68. The molecule has 0 aliphatic heterocycles. The molecule has 0 heterocycles. The highest BCUT2D eigenvalue weighted by Crippen LogP contribution is 2.26. The van der Waals surface area contributed by atoms with Gasteiger partial charge in [-0.1, -0.05) is 19.1 Å². The van der Waals surface area contributed by atoms with Crippen LogP contribution in [-0.4, -0.2) is 22.9 Å². The van der Waals surface area contributed by atoms with Gasteiger partial charge in [0.2, 0.25) is 0 Å². The van der Waals surface area contributed by atoms with Crippen molar-refractivity contribution >= 4 is 17.7 Å². The second kappa shape index (κ2) is 5.56. The van der Waals surface area contributed by atoms with Crippen LogP contribution in [0.25, 0.3) is 0 Å². The minimum absolute atomic E-state index is 0.390. The van der Waals surface area contributed by atoms with Crippen LogP contribution in [0.4, 0.5) is 0 Å². The summed E-state index contributed by atoms with van der Waals surface area (Å²) >= 11 is 1.76. The van der Waals surface area contributed by atoms with Crippen molar-refractivity contribution in [1.82, 2.24) is 5.32 Å². The van der Waals surface area contributed by atoms with Gasteiger partial charge in [-0.25, -0.2) is 0 Å². The van der Waals surface area contributed by atoms with Crippen LogP contribution in [0.5, 0.6) is 0 Å². The Kier molecular flexibility index (Phi) is 4.07. The first-order chi connectivity index (χ1) is 8.20. The van der Waals surface area contributed by atoms with Crippen LogP contribution >= 0.6 is 11.8 Å². The third-order valence-corrected chi connectivity index (χ3v) is 3.65. The number of aliphatic carboxylic acids is 1. The van der Waals surface area contributed by atoms with Gasteiger partial charge in [0.1, 0.15) is 6.04 Å². The largest absolute Gasteiger partial charge is 0.480 e. The van der Waals surface area contributed by atoms with E-state index in [2.05, 4.69) is 12.2 Å². The van der Waals surface area contributed by atoms with Crippen molar-refractivity contribution in [3.05, 3.63) is 29.8 Å². The Balaban J connectivity index is 2.08. The Hall–Kier alpha value is -1.00. The summed E-state index contributed by atoms with van der Waals surface area (Å²) in [7, 11) is 0. The van der Waals surface area contributed by atoms with Crippen molar-refractivity contribution in [2.24, 2.45) is 0 Å². The van der Waals surface area contributed by atoms with Crippen LogP contribution < -0.4 is 5.32 Å². The Morgan fingerprint density at radius 2 is 2.12 bits per heavy atom. The summed E-state index contributed by atoms with van der Waals surface area (Å²) in [5, 5.41) is 12.4. The molecule has 0 spiro atoms. The van der Waals surface area contributed by atoms with E-state index in [9.17, 15) is 9.90 Å². The molecule has 1 atom stereocenters. The number of carboxylic acid groups (broad SMARTS) is 1. The van der Waals surface area contributed by atoms with Gasteiger partial charge in [-0.15, -0.1) is 11.8 Å². The van der Waals surface area contributed by atoms with E-state index in [1.165, 1.54) is 4.90 Å². The second-order valence-corrected chi connectivity index (χ2v) is 5.55. The third-order valence-electron chi connectivity index (χ3n) is 2.75. The standard InChI is InChI=1S/C13H17NO2S/c1-2-17-11-7-3-9(4-8-11)12(13(15)16)14-10-5-6-10/h3-4,7-8,10,12,14H,2,5-6H2,1H3,(H,15,16). The molecule has 1 aromatic carbocycles. The average molecular weight is 251 g/mol. The molecule has 0 radical (unpaired) electrons. The lowest BCUT2D eigenvalue weighted by atomic mass is 10.1. The summed E-state index contributed by atoms with van der Waals surface area (Å²) in [6.45, 7) is 2.10. The van der Waals surface area contributed by atoms with Crippen LogP contribution in [0.3, 0.4) is 0 Å². The van der Waals surface area contributed by atoms with Crippen LogP contribution in [0.2, 0.25) is 0 Å². The van der Waals surface area contributed by atoms with Gasteiger partial charge in [0, 0.05) is 10.9 Å². The summed E-state index contributed by atoms with van der Waals surface area (Å²) in [6, 6.07) is 7.63. The second-order valence-electron chi connectivity index (χ2n) is 4.21. The maximum Gasteiger partial charge on any atom is 0.325 e. The van der Waals surface area contributed by atoms with Gasteiger partial charge in [-0.2, -0.15) is 0 Å². The first kappa shape index (κ1) is 12.5. The summed E-state index contributed by atoms with van der Waals surface area (Å²) < 4.78 is 0. The topological polar surface area (TPSA) is 49.3 Å². The molecule has 1 saturated carbocycles. The van der Waals surface area contributed by atoms with E-state index in [0.717, 1.165) is 24.2 Å². The van der Waals surface area contributed by atoms with Crippen LogP contribution in [0.1, 0.15) is 31.4 Å². The highest BCUT2D eigenvalue weighted by atomic mass is 32.2. The lowest BCUT2D eigenvalue weighted by molar-refractivity contribution is -0.139. The van der Waals surface area contributed by atoms with Crippen molar-refractivity contribution in [3.63, 3.8) is 0 Å². The number of rotatable bonds is 6. The lowest BCUT2D eigenvalue weighted by Gasteiger charge is -2.14. The van der Waals surface area contributed by atoms with Gasteiger partial charge in [0.05, 0.1) is 0 Å². The molecule has 1 aromatic rings. The molecule has 0 amide bonds. The zero-order chi connectivity index (χ0) is 12.3. The Bertz CT molecular complexity index is 387. The number of hydrogen-bond donors (Lipinski definition) is 2. The quantitative estimate of drug-likeness (QED) is 0.763. The van der Waals surface area contributed by atoms with Crippen LogP contribution in [0, 0.1) is 0 Å². The Labute approximate surface area is 106 Å². The summed E-state index contributed by atoms with van der Waals surface area (Å²) in [4.78, 5) is 12.4. The summed E-state index contributed by atoms with van der Waals surface area (Å²) in [5.74, 6) is 0.231. The molecule has 1 fully saturated rings. The van der Waals surface area contributed by atoms with Crippen LogP contribution in [-0.2, 0) is 4.79 Å². The molecule has 0 bridgehead atoms. The SMILES string of the molecule is CCSc1ccc(C(NC2CC2)C(=O)O)cc1. The highest BCUT2D eigenvalue weighted by molar-refractivity contribution is 7.99. The zero-order valence-corrected chi connectivity index (χ0v) is 10.7. The first-order valence-electron chi connectivity index (χ1n) is 5.92. The highest BCUT2D eigenvalue weighted by Gasteiger charge is 2.29. The predicted molar refractivity (Wildman–Crippen MR) is 69.4 cm³/mol. The molecular formula is C13H17NO2S. The molecule has 0 aromatic heterocycles. The number of benzene rings is 1. The Morgan fingerprint density at radius 1 is 1.47 bits per heavy atom. The molecule has 3 nitrogen and oxygen atoms in total. The van der Waals surface area contributed by atoms with Gasteiger partial charge in [0.15, 0.2) is 0 Å². The molecule has 2 rings (SSSR count). The van der Waals surface area contributed by atoms with Gasteiger partial charge in [-0.3, -0.25) is 10.1 Å². The fourth-order valence-electron chi connectivity index (χ4n) is 1.72. The van der Waals surface area contributed by atoms with Crippen molar-refractivity contribution in [2.75, 3.05) is 5.75 Å². The van der Waals surface area contributed by atoms with E-state index >= 15 is 0 Å². The number of carbonyl (C=O) groups is 1. The zero-order valence-electron chi connectivity index (χ0n) is 9.85. The van der Waals surface area contributed by atoms with Gasteiger partial charge in [-0.05, 0) is 36.3 Å². The van der Waals surface area contributed by atoms with Crippen molar-refractivity contribution in [3.8, 4) is 0 Å². The number of hydrogen-bond acceptors (Lipinski definition) is 3. The molecule has 2 N–H and O–H groups in total. The van der Waals surface area contributed by atoms with E-state index in [4.69, 9.17) is 0 Å². The van der Waals surface area contributed by atoms with E-state index in [1.54, 1.807) is 11.8 Å².